The Hall–Kier alpha value is -3.29. The summed E-state index contributed by atoms with van der Waals surface area (Å²) in [6.45, 7) is 0.202. The number of hydrogen-bond acceptors (Lipinski definition) is 6. The molecule has 8 heteroatoms. The summed E-state index contributed by atoms with van der Waals surface area (Å²) in [5.74, 6) is -0.134. The van der Waals surface area contributed by atoms with Crippen molar-refractivity contribution in [2.75, 3.05) is 19.5 Å². The molecule has 0 atom stereocenters. The number of benzene rings is 1. The molecule has 0 aliphatic carbocycles. The summed E-state index contributed by atoms with van der Waals surface area (Å²) in [6.07, 6.45) is 0.0959. The number of aromatic nitrogens is 2. The minimum atomic E-state index is -0.488. The van der Waals surface area contributed by atoms with E-state index in [9.17, 15) is 9.59 Å². The number of rotatable bonds is 6. The lowest BCUT2D eigenvalue weighted by Gasteiger charge is -2.10. The first-order valence-electron chi connectivity index (χ1n) is 7.59. The van der Waals surface area contributed by atoms with Crippen LogP contribution in [0.15, 0.2) is 45.6 Å². The van der Waals surface area contributed by atoms with Crippen molar-refractivity contribution in [1.29, 1.82) is 0 Å². The van der Waals surface area contributed by atoms with Gasteiger partial charge in [0.1, 0.15) is 5.69 Å². The van der Waals surface area contributed by atoms with Crippen molar-refractivity contribution in [3.8, 4) is 11.8 Å². The minimum absolute atomic E-state index is 0.0959. The number of carbonyl (C=O) groups is 1. The maximum atomic E-state index is 12.2. The van der Waals surface area contributed by atoms with Crippen LogP contribution in [0.4, 0.5) is 5.69 Å². The Morgan fingerprint density at radius 1 is 1.20 bits per heavy atom. The summed E-state index contributed by atoms with van der Waals surface area (Å²) < 4.78 is 16.7. The van der Waals surface area contributed by atoms with Crippen LogP contribution in [0.25, 0.3) is 11.1 Å². The monoisotopic (exact) mass is 343 g/mol. The Balaban J connectivity index is 1.71. The Kier molecular flexibility index (Phi) is 4.69. The van der Waals surface area contributed by atoms with Crippen molar-refractivity contribution < 1.29 is 18.7 Å². The smallest absolute Gasteiger partial charge is 0.419 e. The fourth-order valence-electron chi connectivity index (χ4n) is 2.44. The molecule has 3 rings (SSSR count). The van der Waals surface area contributed by atoms with Crippen LogP contribution in [0, 0.1) is 0 Å². The van der Waals surface area contributed by atoms with E-state index in [-0.39, 0.29) is 24.8 Å². The van der Waals surface area contributed by atoms with Gasteiger partial charge in [0.2, 0.25) is 17.7 Å². The largest absolute Gasteiger partial charge is 0.481 e. The number of pyridine rings is 1. The lowest BCUT2D eigenvalue weighted by molar-refractivity contribution is -0.116. The average molecular weight is 343 g/mol. The zero-order valence-corrected chi connectivity index (χ0v) is 13.8. The van der Waals surface area contributed by atoms with Crippen LogP contribution in [0.3, 0.4) is 0 Å². The molecule has 1 amide bonds. The first kappa shape index (κ1) is 16.6. The van der Waals surface area contributed by atoms with E-state index in [4.69, 9.17) is 13.9 Å². The van der Waals surface area contributed by atoms with E-state index in [1.165, 1.54) is 18.8 Å². The van der Waals surface area contributed by atoms with Crippen molar-refractivity contribution in [2.24, 2.45) is 0 Å². The highest BCUT2D eigenvalue weighted by atomic mass is 16.5. The molecule has 0 unspecified atom stereocenters. The molecule has 0 aliphatic rings. The van der Waals surface area contributed by atoms with E-state index in [1.54, 1.807) is 30.3 Å². The molecule has 0 bridgehead atoms. The molecule has 2 heterocycles. The Morgan fingerprint density at radius 3 is 2.76 bits per heavy atom. The Labute approximate surface area is 143 Å². The molecule has 25 heavy (non-hydrogen) atoms. The second-order valence-electron chi connectivity index (χ2n) is 5.20. The van der Waals surface area contributed by atoms with Gasteiger partial charge in [0.05, 0.1) is 19.7 Å². The molecule has 0 saturated carbocycles. The summed E-state index contributed by atoms with van der Waals surface area (Å²) in [4.78, 5) is 28.2. The molecule has 0 radical (unpaired) electrons. The molecule has 0 aliphatic heterocycles. The first-order chi connectivity index (χ1) is 12.1. The van der Waals surface area contributed by atoms with E-state index in [0.717, 1.165) is 0 Å². The third-order valence-electron chi connectivity index (χ3n) is 3.65. The number of anilines is 1. The van der Waals surface area contributed by atoms with E-state index >= 15 is 0 Å². The number of nitrogens with one attached hydrogen (secondary N) is 1. The van der Waals surface area contributed by atoms with Crippen molar-refractivity contribution in [3.63, 3.8) is 0 Å². The molecule has 8 nitrogen and oxygen atoms in total. The van der Waals surface area contributed by atoms with Gasteiger partial charge in [-0.1, -0.05) is 12.1 Å². The molecule has 2 aromatic heterocycles. The number of nitrogens with zero attached hydrogens (tertiary/aromatic N) is 2. The van der Waals surface area contributed by atoms with Gasteiger partial charge in [-0.15, -0.1) is 0 Å². The number of methoxy groups -OCH3 is 2. The van der Waals surface area contributed by atoms with Gasteiger partial charge in [-0.2, -0.15) is 4.98 Å². The summed E-state index contributed by atoms with van der Waals surface area (Å²) >= 11 is 0. The number of aryl methyl sites for hydroxylation is 1. The molecule has 0 saturated heterocycles. The van der Waals surface area contributed by atoms with Crippen LogP contribution >= 0.6 is 0 Å². The maximum Gasteiger partial charge on any atom is 0.419 e. The number of carbonyl (C=O) groups excluding carboxylic acids is 1. The quantitative estimate of drug-likeness (QED) is 0.736. The zero-order chi connectivity index (χ0) is 17.8. The molecule has 1 N–H and O–H groups in total. The first-order valence-corrected chi connectivity index (χ1v) is 7.59. The van der Waals surface area contributed by atoms with Crippen LogP contribution in [0.5, 0.6) is 11.8 Å². The number of amides is 1. The summed E-state index contributed by atoms with van der Waals surface area (Å²) in [6, 6.07) is 10.3. The number of oxazole rings is 1. The van der Waals surface area contributed by atoms with Crippen LogP contribution in [0.1, 0.15) is 6.42 Å². The highest BCUT2D eigenvalue weighted by Gasteiger charge is 2.13. The highest BCUT2D eigenvalue weighted by Crippen LogP contribution is 2.24. The molecule has 3 aromatic rings. The van der Waals surface area contributed by atoms with Crippen molar-refractivity contribution >= 4 is 22.7 Å². The number of para-hydroxylation sites is 2. The second kappa shape index (κ2) is 7.08. The Bertz CT molecular complexity index is 960. The van der Waals surface area contributed by atoms with E-state index in [1.807, 2.05) is 6.07 Å². The fourth-order valence-corrected chi connectivity index (χ4v) is 2.44. The van der Waals surface area contributed by atoms with Gasteiger partial charge in [0, 0.05) is 19.0 Å². The van der Waals surface area contributed by atoms with Crippen LogP contribution in [-0.4, -0.2) is 29.7 Å². The van der Waals surface area contributed by atoms with Crippen LogP contribution in [-0.2, 0) is 11.3 Å². The summed E-state index contributed by atoms with van der Waals surface area (Å²) in [5.41, 5.74) is 1.58. The minimum Gasteiger partial charge on any atom is -0.481 e. The Morgan fingerprint density at radius 2 is 2.00 bits per heavy atom. The fraction of sp³-hybridized carbons (Fsp3) is 0.235. The highest BCUT2D eigenvalue weighted by molar-refractivity contribution is 5.92. The predicted octanol–water partition coefficient (Wildman–Crippen LogP) is 2.04. The molecule has 1 aromatic carbocycles. The van der Waals surface area contributed by atoms with Crippen LogP contribution < -0.4 is 20.5 Å². The van der Waals surface area contributed by atoms with E-state index in [0.29, 0.717) is 22.7 Å². The summed E-state index contributed by atoms with van der Waals surface area (Å²) in [7, 11) is 2.95. The van der Waals surface area contributed by atoms with Crippen molar-refractivity contribution in [2.45, 2.75) is 13.0 Å². The topological polar surface area (TPSA) is 95.6 Å². The van der Waals surface area contributed by atoms with Gasteiger partial charge in [-0.25, -0.2) is 4.79 Å². The molecule has 0 spiro atoms. The van der Waals surface area contributed by atoms with E-state index < -0.39 is 5.76 Å². The SMILES string of the molecule is COc1ccc(NC(=O)CCn2c(=O)oc3ccccc32)c(OC)n1. The third-order valence-corrected chi connectivity index (χ3v) is 3.65. The number of fused-ring (bicyclic) bond motifs is 1. The van der Waals surface area contributed by atoms with Gasteiger partial charge in [-0.3, -0.25) is 9.36 Å². The standard InChI is InChI=1S/C17H17N3O5/c1-23-15-8-7-11(16(19-15)24-2)18-14(21)9-10-20-12-5-3-4-6-13(12)25-17(20)22/h3-8H,9-10H2,1-2H3,(H,18,21). The normalized spacial score (nSPS) is 10.6. The van der Waals surface area contributed by atoms with Crippen LogP contribution in [0.2, 0.25) is 0 Å². The van der Waals surface area contributed by atoms with Crippen molar-refractivity contribution in [1.82, 2.24) is 9.55 Å². The lowest BCUT2D eigenvalue weighted by Crippen LogP contribution is -2.20. The zero-order valence-electron chi connectivity index (χ0n) is 13.8. The molecule has 130 valence electrons. The van der Waals surface area contributed by atoms with Gasteiger partial charge >= 0.3 is 5.76 Å². The number of ether oxygens (including phenoxy) is 2. The molecular weight excluding hydrogens is 326 g/mol. The maximum absolute atomic E-state index is 12.2. The van der Waals surface area contributed by atoms with Gasteiger partial charge < -0.3 is 19.2 Å². The molecule has 0 fully saturated rings. The second-order valence-corrected chi connectivity index (χ2v) is 5.20. The lowest BCUT2D eigenvalue weighted by atomic mass is 10.3. The average Bonchev–Trinajstić information content (AvgIpc) is 2.95. The van der Waals surface area contributed by atoms with Gasteiger partial charge in [-0.05, 0) is 18.2 Å². The molecular formula is C17H17N3O5. The summed E-state index contributed by atoms with van der Waals surface area (Å²) in [5, 5.41) is 2.71. The predicted molar refractivity (Wildman–Crippen MR) is 91.1 cm³/mol. The van der Waals surface area contributed by atoms with Gasteiger partial charge in [0.15, 0.2) is 5.58 Å². The van der Waals surface area contributed by atoms with Gasteiger partial charge in [0.25, 0.3) is 0 Å². The van der Waals surface area contributed by atoms with Crippen molar-refractivity contribution in [3.05, 3.63) is 46.9 Å². The number of hydrogen-bond donors (Lipinski definition) is 1. The third kappa shape index (κ3) is 3.47. The van der Waals surface area contributed by atoms with E-state index in [2.05, 4.69) is 10.3 Å².